The number of hydrogen-bond acceptors (Lipinski definition) is 4. The summed E-state index contributed by atoms with van der Waals surface area (Å²) in [7, 11) is 0. The van der Waals surface area contributed by atoms with Crippen molar-refractivity contribution in [3.05, 3.63) is 34.9 Å². The highest BCUT2D eigenvalue weighted by Gasteiger charge is 2.24. The molecular formula is C18H25ClN2O2S. The minimum atomic E-state index is 0.255. The quantitative estimate of drug-likeness (QED) is 0.773. The first-order chi connectivity index (χ1) is 11.7. The smallest absolute Gasteiger partial charge is 0.232 e. The highest BCUT2D eigenvalue weighted by molar-refractivity contribution is 7.99. The molecule has 24 heavy (non-hydrogen) atoms. The molecule has 0 N–H and O–H groups in total. The normalized spacial score (nSPS) is 22.0. The predicted molar refractivity (Wildman–Crippen MR) is 99.6 cm³/mol. The van der Waals surface area contributed by atoms with Crippen LogP contribution in [0, 0.1) is 5.92 Å². The third-order valence-corrected chi connectivity index (χ3v) is 5.87. The van der Waals surface area contributed by atoms with Gasteiger partial charge < -0.3 is 9.64 Å². The van der Waals surface area contributed by atoms with Crippen LogP contribution in [0.2, 0.25) is 5.02 Å². The molecule has 2 heterocycles. The lowest BCUT2D eigenvalue weighted by Crippen LogP contribution is -2.50. The van der Waals surface area contributed by atoms with Crippen LogP contribution >= 0.6 is 23.4 Å². The summed E-state index contributed by atoms with van der Waals surface area (Å²) in [6.45, 7) is 6.61. The molecule has 0 unspecified atom stereocenters. The summed E-state index contributed by atoms with van der Waals surface area (Å²) in [5, 5.41) is 0.753. The molecule has 0 saturated carbocycles. The molecule has 2 fully saturated rings. The first-order valence-corrected chi connectivity index (χ1v) is 10.1. The average molecular weight is 369 g/mol. The zero-order valence-electron chi connectivity index (χ0n) is 14.0. The molecule has 0 aromatic heterocycles. The van der Waals surface area contributed by atoms with Gasteiger partial charge in [0.2, 0.25) is 5.91 Å². The minimum absolute atomic E-state index is 0.255. The maximum Gasteiger partial charge on any atom is 0.232 e. The van der Waals surface area contributed by atoms with Crippen molar-refractivity contribution in [3.63, 3.8) is 0 Å². The van der Waals surface area contributed by atoms with Crippen molar-refractivity contribution in [3.8, 4) is 0 Å². The summed E-state index contributed by atoms with van der Waals surface area (Å²) in [4.78, 5) is 16.8. The highest BCUT2D eigenvalue weighted by Crippen LogP contribution is 2.18. The van der Waals surface area contributed by atoms with Crippen LogP contribution in [-0.4, -0.2) is 67.4 Å². The van der Waals surface area contributed by atoms with Gasteiger partial charge >= 0.3 is 0 Å². The molecule has 1 amide bonds. The summed E-state index contributed by atoms with van der Waals surface area (Å²) < 4.78 is 5.44. The van der Waals surface area contributed by atoms with E-state index in [2.05, 4.69) is 11.0 Å². The van der Waals surface area contributed by atoms with Gasteiger partial charge in [-0.3, -0.25) is 9.69 Å². The number of benzene rings is 1. The van der Waals surface area contributed by atoms with Crippen LogP contribution in [0.3, 0.4) is 0 Å². The van der Waals surface area contributed by atoms with Gasteiger partial charge in [-0.25, -0.2) is 0 Å². The van der Waals surface area contributed by atoms with Crippen LogP contribution in [0.15, 0.2) is 24.3 Å². The van der Waals surface area contributed by atoms with E-state index in [-0.39, 0.29) is 5.91 Å². The Labute approximate surface area is 153 Å². The third kappa shape index (κ3) is 5.38. The van der Waals surface area contributed by atoms with Crippen LogP contribution < -0.4 is 0 Å². The van der Waals surface area contributed by atoms with Crippen molar-refractivity contribution in [1.82, 2.24) is 9.80 Å². The van der Waals surface area contributed by atoms with E-state index >= 15 is 0 Å². The Morgan fingerprint density at radius 1 is 1.29 bits per heavy atom. The first kappa shape index (κ1) is 18.1. The summed E-state index contributed by atoms with van der Waals surface area (Å²) in [6, 6.07) is 7.84. The molecule has 0 bridgehead atoms. The summed E-state index contributed by atoms with van der Waals surface area (Å²) in [5.41, 5.74) is 1.17. The van der Waals surface area contributed by atoms with Crippen molar-refractivity contribution in [2.75, 3.05) is 51.7 Å². The number of carbonyl (C=O) groups is 1. The second kappa shape index (κ2) is 9.09. The monoisotopic (exact) mass is 368 g/mol. The molecule has 0 radical (unpaired) electrons. The Balaban J connectivity index is 1.34. The lowest BCUT2D eigenvalue weighted by molar-refractivity contribution is -0.130. The molecule has 3 rings (SSSR count). The lowest BCUT2D eigenvalue weighted by atomic mass is 10.1. The number of rotatable bonds is 6. The van der Waals surface area contributed by atoms with Crippen molar-refractivity contribution >= 4 is 29.3 Å². The standard InChI is InChI=1S/C18H25ClN2O2S/c19-17-3-1-2-15(10-17)13-24-14-18(22)21-7-5-20(6-8-21)11-16-4-9-23-12-16/h1-3,10,16H,4-9,11-14H2/t16-/m1/s1. The van der Waals surface area contributed by atoms with E-state index in [1.165, 1.54) is 12.0 Å². The maximum absolute atomic E-state index is 12.3. The van der Waals surface area contributed by atoms with E-state index in [0.717, 1.165) is 56.7 Å². The zero-order chi connectivity index (χ0) is 16.8. The van der Waals surface area contributed by atoms with Gasteiger partial charge in [0.05, 0.1) is 12.4 Å². The molecule has 4 nitrogen and oxygen atoms in total. The number of piperazine rings is 1. The van der Waals surface area contributed by atoms with Gasteiger partial charge in [-0.2, -0.15) is 0 Å². The molecule has 2 saturated heterocycles. The fourth-order valence-corrected chi connectivity index (χ4v) is 4.33. The largest absolute Gasteiger partial charge is 0.381 e. The Kier molecular flexibility index (Phi) is 6.84. The molecule has 1 atom stereocenters. The Morgan fingerprint density at radius 2 is 2.12 bits per heavy atom. The maximum atomic E-state index is 12.3. The molecule has 2 aliphatic rings. The highest BCUT2D eigenvalue weighted by atomic mass is 35.5. The fraction of sp³-hybridized carbons (Fsp3) is 0.611. The van der Waals surface area contributed by atoms with E-state index in [4.69, 9.17) is 16.3 Å². The predicted octanol–water partition coefficient (Wildman–Crippen LogP) is 2.75. The first-order valence-electron chi connectivity index (χ1n) is 8.61. The van der Waals surface area contributed by atoms with Gasteiger partial charge in [-0.15, -0.1) is 11.8 Å². The van der Waals surface area contributed by atoms with Crippen LogP contribution in [0.4, 0.5) is 0 Å². The van der Waals surface area contributed by atoms with E-state index in [1.54, 1.807) is 11.8 Å². The number of carbonyl (C=O) groups excluding carboxylic acids is 1. The van der Waals surface area contributed by atoms with Crippen molar-refractivity contribution in [1.29, 1.82) is 0 Å². The number of halogens is 1. The molecule has 2 aliphatic heterocycles. The topological polar surface area (TPSA) is 32.8 Å². The molecule has 0 spiro atoms. The Morgan fingerprint density at radius 3 is 2.83 bits per heavy atom. The molecular weight excluding hydrogens is 344 g/mol. The zero-order valence-corrected chi connectivity index (χ0v) is 15.5. The summed E-state index contributed by atoms with van der Waals surface area (Å²) in [6.07, 6.45) is 1.18. The van der Waals surface area contributed by atoms with Gasteiger partial charge in [0.1, 0.15) is 0 Å². The number of thioether (sulfide) groups is 1. The molecule has 132 valence electrons. The van der Waals surface area contributed by atoms with Gasteiger partial charge in [-0.1, -0.05) is 23.7 Å². The lowest BCUT2D eigenvalue weighted by Gasteiger charge is -2.35. The van der Waals surface area contributed by atoms with Gasteiger partial charge in [0.15, 0.2) is 0 Å². The van der Waals surface area contributed by atoms with E-state index in [0.29, 0.717) is 11.7 Å². The van der Waals surface area contributed by atoms with Crippen LogP contribution in [0.25, 0.3) is 0 Å². The van der Waals surface area contributed by atoms with Gasteiger partial charge in [-0.05, 0) is 30.0 Å². The van der Waals surface area contributed by atoms with Gasteiger partial charge in [0, 0.05) is 50.1 Å². The number of nitrogens with zero attached hydrogens (tertiary/aromatic N) is 2. The number of amides is 1. The van der Waals surface area contributed by atoms with Crippen molar-refractivity contribution in [2.24, 2.45) is 5.92 Å². The van der Waals surface area contributed by atoms with E-state index < -0.39 is 0 Å². The number of ether oxygens (including phenoxy) is 1. The van der Waals surface area contributed by atoms with E-state index in [1.807, 2.05) is 23.1 Å². The fourth-order valence-electron chi connectivity index (χ4n) is 3.25. The second-order valence-corrected chi connectivity index (χ2v) is 7.96. The number of hydrogen-bond donors (Lipinski definition) is 0. The third-order valence-electron chi connectivity index (χ3n) is 4.65. The second-order valence-electron chi connectivity index (χ2n) is 6.53. The van der Waals surface area contributed by atoms with Crippen molar-refractivity contribution < 1.29 is 9.53 Å². The van der Waals surface area contributed by atoms with Gasteiger partial charge in [0.25, 0.3) is 0 Å². The molecule has 1 aromatic carbocycles. The van der Waals surface area contributed by atoms with E-state index in [9.17, 15) is 4.79 Å². The minimum Gasteiger partial charge on any atom is -0.381 e. The molecule has 0 aliphatic carbocycles. The summed E-state index contributed by atoms with van der Waals surface area (Å²) >= 11 is 7.65. The molecule has 6 heteroatoms. The average Bonchev–Trinajstić information content (AvgIpc) is 3.08. The molecule has 1 aromatic rings. The SMILES string of the molecule is O=C(CSCc1cccc(Cl)c1)N1CCN(C[C@H]2CCOC2)CC1. The van der Waals surface area contributed by atoms with Crippen LogP contribution in [-0.2, 0) is 15.3 Å². The Hall–Kier alpha value is -0.750. The van der Waals surface area contributed by atoms with Crippen molar-refractivity contribution in [2.45, 2.75) is 12.2 Å². The van der Waals surface area contributed by atoms with Crippen LogP contribution in [0.5, 0.6) is 0 Å². The summed E-state index contributed by atoms with van der Waals surface area (Å²) in [5.74, 6) is 2.31. The Bertz CT molecular complexity index is 544. The van der Waals surface area contributed by atoms with Crippen LogP contribution in [0.1, 0.15) is 12.0 Å².